The first kappa shape index (κ1) is 34.5. The Balaban J connectivity index is 1.83. The van der Waals surface area contributed by atoms with Crippen LogP contribution in [0.15, 0.2) is 112 Å². The molecular weight excluding hydrogens is 697 g/mol. The Morgan fingerprint density at radius 1 is 0.867 bits per heavy atom. The van der Waals surface area contributed by atoms with Crippen LogP contribution in [0, 0.1) is 0 Å². The van der Waals surface area contributed by atoms with Gasteiger partial charge in [-0.25, -0.2) is 8.42 Å². The highest BCUT2D eigenvalue weighted by molar-refractivity contribution is 9.10. The number of amides is 2. The summed E-state index contributed by atoms with van der Waals surface area (Å²) in [6, 6.07) is 28.0. The Labute approximate surface area is 283 Å². The molecule has 4 rings (SSSR count). The third-order valence-electron chi connectivity index (χ3n) is 7.30. The predicted octanol–water partition coefficient (Wildman–Crippen LogP) is 7.51. The van der Waals surface area contributed by atoms with E-state index in [9.17, 15) is 18.0 Å². The van der Waals surface area contributed by atoms with Gasteiger partial charge in [-0.1, -0.05) is 107 Å². The molecule has 2 amide bonds. The van der Waals surface area contributed by atoms with Gasteiger partial charge in [-0.2, -0.15) is 0 Å². The second-order valence-corrected chi connectivity index (χ2v) is 14.2. The Kier molecular flexibility index (Phi) is 12.1. The smallest absolute Gasteiger partial charge is 0.264 e. The summed E-state index contributed by atoms with van der Waals surface area (Å²) in [5, 5.41) is 3.40. The zero-order chi connectivity index (χ0) is 32.6. The SMILES string of the molecule is CC[C@H](C)NC(=O)[C@H](Cc1ccccc1)N(Cc1cccc(Br)c1)C(=O)CN(c1ccc(Cl)cc1Cl)S(=O)(=O)c1ccccc1. The Hall–Kier alpha value is -3.37. The lowest BCUT2D eigenvalue weighted by Gasteiger charge is -2.34. The molecule has 0 spiro atoms. The highest BCUT2D eigenvalue weighted by Crippen LogP contribution is 2.33. The summed E-state index contributed by atoms with van der Waals surface area (Å²) in [6.07, 6.45) is 0.914. The van der Waals surface area contributed by atoms with Gasteiger partial charge in [0.25, 0.3) is 10.0 Å². The van der Waals surface area contributed by atoms with Crippen LogP contribution >= 0.6 is 39.1 Å². The average Bonchev–Trinajstić information content (AvgIpc) is 3.02. The molecule has 2 atom stereocenters. The van der Waals surface area contributed by atoms with Crippen molar-refractivity contribution >= 4 is 66.7 Å². The number of nitrogens with zero attached hydrogens (tertiary/aromatic N) is 2. The van der Waals surface area contributed by atoms with Crippen LogP contribution in [0.2, 0.25) is 10.0 Å². The van der Waals surface area contributed by atoms with Crippen molar-refractivity contribution < 1.29 is 18.0 Å². The zero-order valence-electron chi connectivity index (χ0n) is 24.9. The van der Waals surface area contributed by atoms with Gasteiger partial charge < -0.3 is 10.2 Å². The second-order valence-electron chi connectivity index (χ2n) is 10.6. The van der Waals surface area contributed by atoms with E-state index >= 15 is 0 Å². The molecule has 0 bridgehead atoms. The monoisotopic (exact) mass is 729 g/mol. The van der Waals surface area contributed by atoms with Crippen LogP contribution in [0.25, 0.3) is 0 Å². The molecule has 0 unspecified atom stereocenters. The predicted molar refractivity (Wildman–Crippen MR) is 184 cm³/mol. The number of anilines is 1. The van der Waals surface area contributed by atoms with Gasteiger partial charge in [0.1, 0.15) is 12.6 Å². The quantitative estimate of drug-likeness (QED) is 0.154. The third-order valence-corrected chi connectivity index (χ3v) is 10.1. The number of rotatable bonds is 13. The molecule has 4 aromatic rings. The minimum Gasteiger partial charge on any atom is -0.352 e. The summed E-state index contributed by atoms with van der Waals surface area (Å²) in [4.78, 5) is 29.9. The lowest BCUT2D eigenvalue weighted by molar-refractivity contribution is -0.140. The van der Waals surface area contributed by atoms with Crippen molar-refractivity contribution in [2.75, 3.05) is 10.8 Å². The first-order valence-corrected chi connectivity index (χ1v) is 17.4. The molecule has 0 aliphatic carbocycles. The summed E-state index contributed by atoms with van der Waals surface area (Å²) in [7, 11) is -4.28. The lowest BCUT2D eigenvalue weighted by atomic mass is 10.0. The van der Waals surface area contributed by atoms with E-state index in [1.807, 2.05) is 68.4 Å². The van der Waals surface area contributed by atoms with Crippen LogP contribution < -0.4 is 9.62 Å². The number of carbonyl (C=O) groups is 2. The molecule has 0 fully saturated rings. The van der Waals surface area contributed by atoms with Crippen LogP contribution in [0.4, 0.5) is 5.69 Å². The number of nitrogens with one attached hydrogen (secondary N) is 1. The van der Waals surface area contributed by atoms with E-state index in [4.69, 9.17) is 23.2 Å². The molecule has 45 heavy (non-hydrogen) atoms. The number of sulfonamides is 1. The number of carbonyl (C=O) groups excluding carboxylic acids is 2. The molecule has 0 aliphatic heterocycles. The molecular formula is C34H34BrCl2N3O4S. The third kappa shape index (κ3) is 9.10. The largest absolute Gasteiger partial charge is 0.352 e. The Bertz CT molecular complexity index is 1730. The minimum atomic E-state index is -4.28. The van der Waals surface area contributed by atoms with Crippen molar-refractivity contribution in [1.82, 2.24) is 10.2 Å². The van der Waals surface area contributed by atoms with E-state index in [-0.39, 0.29) is 40.5 Å². The normalized spacial score (nSPS) is 12.6. The molecule has 0 saturated carbocycles. The maximum absolute atomic E-state index is 14.5. The topological polar surface area (TPSA) is 86.8 Å². The van der Waals surface area contributed by atoms with Crippen LogP contribution in [-0.4, -0.2) is 43.8 Å². The molecule has 0 aliphatic rings. The summed E-state index contributed by atoms with van der Waals surface area (Å²) >= 11 is 16.2. The van der Waals surface area contributed by atoms with E-state index in [1.54, 1.807) is 18.2 Å². The van der Waals surface area contributed by atoms with Crippen molar-refractivity contribution in [3.05, 3.63) is 129 Å². The number of halogens is 3. The lowest BCUT2D eigenvalue weighted by Crippen LogP contribution is -2.54. The highest BCUT2D eigenvalue weighted by Gasteiger charge is 2.35. The highest BCUT2D eigenvalue weighted by atomic mass is 79.9. The van der Waals surface area contributed by atoms with Gasteiger partial charge in [0.15, 0.2) is 0 Å². The van der Waals surface area contributed by atoms with Gasteiger partial charge in [-0.15, -0.1) is 0 Å². The standard InChI is InChI=1S/C34H34BrCl2N3O4S/c1-3-24(2)38-34(42)32(20-25-11-6-4-7-12-25)39(22-26-13-10-14-27(35)19-26)33(41)23-40(31-18-17-28(36)21-30(31)37)45(43,44)29-15-8-5-9-16-29/h4-19,21,24,32H,3,20,22-23H2,1-2H3,(H,38,42)/t24-,32-/m0/s1. The fourth-order valence-electron chi connectivity index (χ4n) is 4.74. The van der Waals surface area contributed by atoms with Gasteiger partial charge in [-0.3, -0.25) is 13.9 Å². The first-order chi connectivity index (χ1) is 21.5. The van der Waals surface area contributed by atoms with Crippen LogP contribution in [0.5, 0.6) is 0 Å². The summed E-state index contributed by atoms with van der Waals surface area (Å²) in [5.74, 6) is -0.917. The van der Waals surface area contributed by atoms with Crippen molar-refractivity contribution in [2.45, 2.75) is 50.2 Å². The van der Waals surface area contributed by atoms with Gasteiger partial charge in [-0.05, 0) is 66.9 Å². The number of benzene rings is 4. The van der Waals surface area contributed by atoms with Gasteiger partial charge in [0.2, 0.25) is 11.8 Å². The molecule has 236 valence electrons. The molecule has 7 nitrogen and oxygen atoms in total. The van der Waals surface area contributed by atoms with E-state index in [2.05, 4.69) is 21.2 Å². The maximum atomic E-state index is 14.5. The maximum Gasteiger partial charge on any atom is 0.264 e. The molecule has 0 radical (unpaired) electrons. The van der Waals surface area contributed by atoms with Gasteiger partial charge in [0.05, 0.1) is 15.6 Å². The zero-order valence-corrected chi connectivity index (χ0v) is 28.8. The van der Waals surface area contributed by atoms with Crippen LogP contribution in [-0.2, 0) is 32.6 Å². The van der Waals surface area contributed by atoms with Crippen molar-refractivity contribution in [3.8, 4) is 0 Å². The van der Waals surface area contributed by atoms with Crippen LogP contribution in [0.3, 0.4) is 0 Å². The van der Waals surface area contributed by atoms with E-state index in [0.29, 0.717) is 11.4 Å². The van der Waals surface area contributed by atoms with E-state index < -0.39 is 28.5 Å². The van der Waals surface area contributed by atoms with Crippen molar-refractivity contribution in [2.24, 2.45) is 0 Å². The Morgan fingerprint density at radius 3 is 2.13 bits per heavy atom. The van der Waals surface area contributed by atoms with Crippen molar-refractivity contribution in [3.63, 3.8) is 0 Å². The molecule has 0 saturated heterocycles. The van der Waals surface area contributed by atoms with E-state index in [0.717, 1.165) is 19.9 Å². The van der Waals surface area contributed by atoms with Crippen molar-refractivity contribution in [1.29, 1.82) is 0 Å². The number of hydrogen-bond donors (Lipinski definition) is 1. The number of hydrogen-bond acceptors (Lipinski definition) is 4. The molecule has 11 heteroatoms. The van der Waals surface area contributed by atoms with Gasteiger partial charge in [0, 0.05) is 28.5 Å². The van der Waals surface area contributed by atoms with Gasteiger partial charge >= 0.3 is 0 Å². The molecule has 0 heterocycles. The minimum absolute atomic E-state index is 0.0160. The molecule has 1 N–H and O–H groups in total. The van der Waals surface area contributed by atoms with Crippen LogP contribution in [0.1, 0.15) is 31.4 Å². The first-order valence-electron chi connectivity index (χ1n) is 14.4. The average molecular weight is 732 g/mol. The Morgan fingerprint density at radius 2 is 1.51 bits per heavy atom. The summed E-state index contributed by atoms with van der Waals surface area (Å²) < 4.78 is 30.0. The fourth-order valence-corrected chi connectivity index (χ4v) is 7.21. The second kappa shape index (κ2) is 15.8. The summed E-state index contributed by atoms with van der Waals surface area (Å²) in [5.41, 5.74) is 1.70. The molecule has 4 aromatic carbocycles. The molecule has 0 aromatic heterocycles. The summed E-state index contributed by atoms with van der Waals surface area (Å²) in [6.45, 7) is 3.30. The van der Waals surface area contributed by atoms with E-state index in [1.165, 1.54) is 35.2 Å². The fraction of sp³-hybridized carbons (Fsp3) is 0.235.